The summed E-state index contributed by atoms with van der Waals surface area (Å²) in [6.07, 6.45) is 4.20. The van der Waals surface area contributed by atoms with Crippen molar-refractivity contribution in [1.29, 1.82) is 0 Å². The van der Waals surface area contributed by atoms with Crippen molar-refractivity contribution >= 4 is 22.9 Å². The fraction of sp³-hybridized carbons (Fsp3) is 0.727. The van der Waals surface area contributed by atoms with Crippen LogP contribution in [0.15, 0.2) is 6.20 Å². The lowest BCUT2D eigenvalue weighted by atomic mass is 9.95. The number of thiazole rings is 1. The lowest BCUT2D eigenvalue weighted by molar-refractivity contribution is -0.0525. The molecule has 0 saturated carbocycles. The van der Waals surface area contributed by atoms with Gasteiger partial charge in [-0.15, -0.1) is 11.3 Å². The van der Waals surface area contributed by atoms with Crippen LogP contribution in [0.3, 0.4) is 0 Å². The minimum Gasteiger partial charge on any atom is -0.377 e. The van der Waals surface area contributed by atoms with Crippen LogP contribution in [0.1, 0.15) is 24.6 Å². The van der Waals surface area contributed by atoms with Gasteiger partial charge in [0.2, 0.25) is 0 Å². The Hall–Kier alpha value is -0.160. The highest BCUT2D eigenvalue weighted by Gasteiger charge is 2.30. The maximum Gasteiger partial charge on any atom is 0.183 e. The molecule has 5 heteroatoms. The van der Waals surface area contributed by atoms with E-state index in [1.54, 1.807) is 18.4 Å². The molecule has 0 aromatic carbocycles. The van der Waals surface area contributed by atoms with Crippen LogP contribution in [-0.4, -0.2) is 35.7 Å². The minimum atomic E-state index is 0.00668. The Morgan fingerprint density at radius 3 is 3.12 bits per heavy atom. The number of halogens is 1. The topological polar surface area (TPSA) is 25.4 Å². The number of hydrogen-bond donors (Lipinski definition) is 0. The number of ether oxygens (including phenoxy) is 1. The van der Waals surface area contributed by atoms with E-state index in [-0.39, 0.29) is 5.60 Å². The zero-order valence-electron chi connectivity index (χ0n) is 9.70. The molecule has 1 fully saturated rings. The fourth-order valence-electron chi connectivity index (χ4n) is 2.19. The minimum absolute atomic E-state index is 0.00668. The molecule has 16 heavy (non-hydrogen) atoms. The summed E-state index contributed by atoms with van der Waals surface area (Å²) in [6, 6.07) is 0. The van der Waals surface area contributed by atoms with Crippen LogP contribution in [0.25, 0.3) is 0 Å². The zero-order valence-corrected chi connectivity index (χ0v) is 11.3. The van der Waals surface area contributed by atoms with Crippen LogP contribution >= 0.6 is 22.9 Å². The maximum atomic E-state index is 5.83. The van der Waals surface area contributed by atoms with Crippen molar-refractivity contribution in [3.8, 4) is 0 Å². The van der Waals surface area contributed by atoms with Crippen LogP contribution in [0, 0.1) is 0 Å². The third-order valence-corrected chi connectivity index (χ3v) is 4.24. The first-order valence-corrected chi connectivity index (χ1v) is 6.68. The molecule has 1 aromatic rings. The van der Waals surface area contributed by atoms with Crippen LogP contribution in [0.5, 0.6) is 0 Å². The summed E-state index contributed by atoms with van der Waals surface area (Å²) in [6.45, 7) is 5.23. The highest BCUT2D eigenvalue weighted by molar-refractivity contribution is 7.15. The monoisotopic (exact) mass is 260 g/mol. The largest absolute Gasteiger partial charge is 0.377 e. The average molecular weight is 261 g/mol. The second kappa shape index (κ2) is 5.00. The predicted molar refractivity (Wildman–Crippen MR) is 67.0 cm³/mol. The summed E-state index contributed by atoms with van der Waals surface area (Å²) in [4.78, 5) is 7.71. The quantitative estimate of drug-likeness (QED) is 0.836. The van der Waals surface area contributed by atoms with Crippen molar-refractivity contribution in [2.45, 2.75) is 31.9 Å². The van der Waals surface area contributed by atoms with E-state index in [0.29, 0.717) is 4.47 Å². The molecule has 1 atom stereocenters. The molecule has 1 saturated heterocycles. The molecule has 90 valence electrons. The van der Waals surface area contributed by atoms with Crippen LogP contribution in [-0.2, 0) is 11.3 Å². The van der Waals surface area contributed by atoms with Gasteiger partial charge in [-0.1, -0.05) is 11.6 Å². The highest BCUT2D eigenvalue weighted by atomic mass is 35.5. The molecule has 0 N–H and O–H groups in total. The lowest BCUT2D eigenvalue weighted by Crippen LogP contribution is -2.46. The average Bonchev–Trinajstić information content (AvgIpc) is 2.64. The standard InChI is InChI=1S/C11H17ClN2OS/c1-11(15-2)4-3-5-14(8-11)7-9-6-13-10(12)16-9/h6H,3-5,7-8H2,1-2H3. The van der Waals surface area contributed by atoms with Crippen LogP contribution in [0.4, 0.5) is 0 Å². The first kappa shape index (κ1) is 12.3. The summed E-state index contributed by atoms with van der Waals surface area (Å²) >= 11 is 7.39. The van der Waals surface area contributed by atoms with Gasteiger partial charge in [0, 0.05) is 31.3 Å². The van der Waals surface area contributed by atoms with E-state index in [1.165, 1.54) is 11.3 Å². The Morgan fingerprint density at radius 2 is 2.50 bits per heavy atom. The number of aromatic nitrogens is 1. The molecule has 2 rings (SSSR count). The van der Waals surface area contributed by atoms with Gasteiger partial charge < -0.3 is 4.74 Å². The molecule has 0 radical (unpaired) electrons. The summed E-state index contributed by atoms with van der Waals surface area (Å²) in [5.74, 6) is 0. The number of piperidine rings is 1. The zero-order chi connectivity index (χ0) is 11.6. The van der Waals surface area contributed by atoms with Gasteiger partial charge in [-0.2, -0.15) is 0 Å². The van der Waals surface area contributed by atoms with E-state index in [4.69, 9.17) is 16.3 Å². The van der Waals surface area contributed by atoms with Crippen molar-refractivity contribution < 1.29 is 4.74 Å². The van der Waals surface area contributed by atoms with Gasteiger partial charge in [0.25, 0.3) is 0 Å². The van der Waals surface area contributed by atoms with Crippen molar-refractivity contribution in [1.82, 2.24) is 9.88 Å². The van der Waals surface area contributed by atoms with Gasteiger partial charge in [-0.05, 0) is 26.3 Å². The highest BCUT2D eigenvalue weighted by Crippen LogP contribution is 2.26. The van der Waals surface area contributed by atoms with Gasteiger partial charge in [0.15, 0.2) is 4.47 Å². The Kier molecular flexibility index (Phi) is 3.85. The van der Waals surface area contributed by atoms with Gasteiger partial charge >= 0.3 is 0 Å². The van der Waals surface area contributed by atoms with Gasteiger partial charge in [-0.3, -0.25) is 4.90 Å². The van der Waals surface area contributed by atoms with Gasteiger partial charge in [-0.25, -0.2) is 4.98 Å². The number of hydrogen-bond acceptors (Lipinski definition) is 4. The molecule has 1 aliphatic heterocycles. The van der Waals surface area contributed by atoms with Gasteiger partial charge in [0.05, 0.1) is 5.60 Å². The summed E-state index contributed by atoms with van der Waals surface area (Å²) < 4.78 is 6.20. The van der Waals surface area contributed by atoms with Crippen molar-refractivity contribution in [3.05, 3.63) is 15.5 Å². The number of nitrogens with zero attached hydrogens (tertiary/aromatic N) is 2. The first-order chi connectivity index (χ1) is 7.61. The smallest absolute Gasteiger partial charge is 0.183 e. The maximum absolute atomic E-state index is 5.83. The molecule has 0 amide bonds. The van der Waals surface area contributed by atoms with E-state index in [2.05, 4.69) is 16.8 Å². The van der Waals surface area contributed by atoms with Crippen LogP contribution < -0.4 is 0 Å². The van der Waals surface area contributed by atoms with E-state index < -0.39 is 0 Å². The Labute approximate surface area is 105 Å². The Bertz CT molecular complexity index is 358. The second-order valence-electron chi connectivity index (χ2n) is 4.55. The van der Waals surface area contributed by atoms with Gasteiger partial charge in [0.1, 0.15) is 0 Å². The second-order valence-corrected chi connectivity index (χ2v) is 6.25. The summed E-state index contributed by atoms with van der Waals surface area (Å²) in [7, 11) is 1.80. The molecule has 1 unspecified atom stereocenters. The Morgan fingerprint density at radius 1 is 1.69 bits per heavy atom. The molecule has 1 aliphatic rings. The van der Waals surface area contributed by atoms with E-state index in [0.717, 1.165) is 26.1 Å². The molecular formula is C11H17ClN2OS. The molecule has 1 aromatic heterocycles. The third kappa shape index (κ3) is 2.94. The molecule has 0 bridgehead atoms. The molecular weight excluding hydrogens is 244 g/mol. The summed E-state index contributed by atoms with van der Waals surface area (Å²) in [5.41, 5.74) is 0.00668. The van der Waals surface area contributed by atoms with Crippen molar-refractivity contribution in [2.24, 2.45) is 0 Å². The number of likely N-dealkylation sites (tertiary alicyclic amines) is 1. The SMILES string of the molecule is COC1(C)CCCN(Cc2cnc(Cl)s2)C1. The van der Waals surface area contributed by atoms with Crippen molar-refractivity contribution in [3.63, 3.8) is 0 Å². The molecule has 0 spiro atoms. The summed E-state index contributed by atoms with van der Waals surface area (Å²) in [5, 5.41) is 0. The predicted octanol–water partition coefficient (Wildman–Crippen LogP) is 2.80. The lowest BCUT2D eigenvalue weighted by Gasteiger charge is -2.39. The number of rotatable bonds is 3. The molecule has 0 aliphatic carbocycles. The number of methoxy groups -OCH3 is 1. The first-order valence-electron chi connectivity index (χ1n) is 5.49. The molecule has 2 heterocycles. The molecule has 3 nitrogen and oxygen atoms in total. The Balaban J connectivity index is 1.95. The fourth-order valence-corrected chi connectivity index (χ4v) is 3.21. The van der Waals surface area contributed by atoms with Crippen LogP contribution in [0.2, 0.25) is 4.47 Å². The van der Waals surface area contributed by atoms with E-state index >= 15 is 0 Å². The van der Waals surface area contributed by atoms with Crippen molar-refractivity contribution in [2.75, 3.05) is 20.2 Å². The van der Waals surface area contributed by atoms with E-state index in [1.807, 2.05) is 6.20 Å². The van der Waals surface area contributed by atoms with E-state index in [9.17, 15) is 0 Å². The third-order valence-electron chi connectivity index (χ3n) is 3.14. The normalized spacial score (nSPS) is 27.2.